The van der Waals surface area contributed by atoms with Crippen LogP contribution in [0.3, 0.4) is 0 Å². The average Bonchev–Trinajstić information content (AvgIpc) is 3.44. The number of hydrogen-bond donors (Lipinski definition) is 2. The van der Waals surface area contributed by atoms with Gasteiger partial charge in [0.2, 0.25) is 11.1 Å². The molecule has 11 heteroatoms. The van der Waals surface area contributed by atoms with Crippen LogP contribution >= 0.6 is 23.4 Å². The number of anilines is 2. The molecule has 0 fully saturated rings. The number of ether oxygens (including phenoxy) is 3. The Bertz CT molecular complexity index is 1660. The van der Waals surface area contributed by atoms with Gasteiger partial charge in [-0.3, -0.25) is 4.79 Å². The number of fused-ring (bicyclic) bond motifs is 1. The lowest BCUT2D eigenvalue weighted by molar-refractivity contribution is -0.113. The van der Waals surface area contributed by atoms with E-state index in [2.05, 4.69) is 17.6 Å². The monoisotopic (exact) mass is 633 g/mol. The summed E-state index contributed by atoms with van der Waals surface area (Å²) in [6, 6.07) is 20.1. The smallest absolute Gasteiger partial charge is 0.255 e. The molecule has 9 nitrogen and oxygen atoms in total. The van der Waals surface area contributed by atoms with Gasteiger partial charge in [0.15, 0.2) is 11.5 Å². The zero-order valence-corrected chi connectivity index (χ0v) is 26.8. The molecule has 0 bridgehead atoms. The molecule has 44 heavy (non-hydrogen) atoms. The molecule has 2 heterocycles. The number of nitrogens with zero attached hydrogens (tertiary/aromatic N) is 3. The minimum Gasteiger partial charge on any atom is -0.495 e. The van der Waals surface area contributed by atoms with E-state index in [1.807, 2.05) is 61.5 Å². The first kappa shape index (κ1) is 31.3. The molecule has 0 spiro atoms. The number of amides is 1. The quantitative estimate of drug-likeness (QED) is 0.114. The Morgan fingerprint density at radius 3 is 2.57 bits per heavy atom. The number of thioether (sulfide) groups is 1. The van der Waals surface area contributed by atoms with Gasteiger partial charge in [-0.1, -0.05) is 79.5 Å². The van der Waals surface area contributed by atoms with Crippen LogP contribution in [-0.4, -0.2) is 41.5 Å². The number of unbranched alkanes of at least 4 members (excludes halogenated alkanes) is 2. The van der Waals surface area contributed by atoms with E-state index in [1.165, 1.54) is 11.8 Å². The zero-order chi connectivity index (χ0) is 31.1. The Morgan fingerprint density at radius 2 is 1.80 bits per heavy atom. The number of rotatable bonds is 13. The van der Waals surface area contributed by atoms with Crippen molar-refractivity contribution in [2.24, 2.45) is 0 Å². The van der Waals surface area contributed by atoms with E-state index >= 15 is 0 Å². The maximum Gasteiger partial charge on any atom is 0.255 e. The molecule has 1 amide bonds. The molecule has 1 aliphatic rings. The molecule has 0 aliphatic carbocycles. The lowest BCUT2D eigenvalue weighted by Gasteiger charge is -2.29. The van der Waals surface area contributed by atoms with E-state index < -0.39 is 6.04 Å². The summed E-state index contributed by atoms with van der Waals surface area (Å²) in [5.74, 6) is 2.62. The molecule has 230 valence electrons. The normalized spacial score (nSPS) is 14.1. The Kier molecular flexibility index (Phi) is 10.3. The lowest BCUT2D eigenvalue weighted by Crippen LogP contribution is -2.31. The van der Waals surface area contributed by atoms with E-state index in [0.29, 0.717) is 62.7 Å². The number of methoxy groups -OCH3 is 2. The zero-order valence-electron chi connectivity index (χ0n) is 25.2. The summed E-state index contributed by atoms with van der Waals surface area (Å²) in [4.78, 5) is 18.8. The van der Waals surface area contributed by atoms with Crippen LogP contribution in [0.2, 0.25) is 5.02 Å². The van der Waals surface area contributed by atoms with E-state index in [1.54, 1.807) is 31.0 Å². The van der Waals surface area contributed by atoms with Gasteiger partial charge < -0.3 is 24.8 Å². The van der Waals surface area contributed by atoms with Crippen LogP contribution in [0, 0.1) is 0 Å². The number of allylic oxidation sites excluding steroid dienone is 1. The van der Waals surface area contributed by atoms with Gasteiger partial charge in [-0.25, -0.2) is 4.68 Å². The SMILES string of the molecule is CCCCCOc1ccc(C2C(C(=O)Nc3ccccc3OC)=C(C)Nc3nc(SCc4ccccc4Cl)nn32)cc1OC. The van der Waals surface area contributed by atoms with Crippen molar-refractivity contribution in [1.29, 1.82) is 0 Å². The fourth-order valence-electron chi connectivity index (χ4n) is 5.00. The maximum atomic E-state index is 14.0. The van der Waals surface area contributed by atoms with Crippen LogP contribution in [0.25, 0.3) is 0 Å². The van der Waals surface area contributed by atoms with Crippen molar-refractivity contribution in [2.45, 2.75) is 50.1 Å². The third-order valence-electron chi connectivity index (χ3n) is 7.26. The minimum atomic E-state index is -0.605. The lowest BCUT2D eigenvalue weighted by atomic mass is 9.94. The Balaban J connectivity index is 1.51. The van der Waals surface area contributed by atoms with E-state index in [0.717, 1.165) is 30.4 Å². The van der Waals surface area contributed by atoms with Gasteiger partial charge in [-0.05, 0) is 54.8 Å². The second-order valence-electron chi connectivity index (χ2n) is 10.2. The fraction of sp³-hybridized carbons (Fsp3) is 0.303. The predicted octanol–water partition coefficient (Wildman–Crippen LogP) is 7.74. The summed E-state index contributed by atoms with van der Waals surface area (Å²) in [5.41, 5.74) is 3.48. The van der Waals surface area contributed by atoms with E-state index in [9.17, 15) is 4.79 Å². The van der Waals surface area contributed by atoms with Crippen LogP contribution < -0.4 is 24.8 Å². The van der Waals surface area contributed by atoms with Gasteiger partial charge in [0, 0.05) is 16.5 Å². The highest BCUT2D eigenvalue weighted by Gasteiger charge is 2.35. The van der Waals surface area contributed by atoms with Gasteiger partial charge >= 0.3 is 0 Å². The second kappa shape index (κ2) is 14.5. The first-order chi connectivity index (χ1) is 21.4. The molecular weight excluding hydrogens is 598 g/mol. The van der Waals surface area contributed by atoms with Crippen molar-refractivity contribution in [3.8, 4) is 17.2 Å². The third kappa shape index (κ3) is 6.97. The Morgan fingerprint density at radius 1 is 1.02 bits per heavy atom. The van der Waals surface area contributed by atoms with E-state index in [4.69, 9.17) is 35.9 Å². The number of aromatic nitrogens is 3. The minimum absolute atomic E-state index is 0.297. The molecule has 5 rings (SSSR count). The van der Waals surface area contributed by atoms with Crippen molar-refractivity contribution < 1.29 is 19.0 Å². The Hall–Kier alpha value is -4.15. The van der Waals surface area contributed by atoms with Crippen LogP contribution in [0.4, 0.5) is 11.6 Å². The summed E-state index contributed by atoms with van der Waals surface area (Å²) in [6.07, 6.45) is 3.16. The van der Waals surface area contributed by atoms with Crippen molar-refractivity contribution >= 4 is 40.9 Å². The third-order valence-corrected chi connectivity index (χ3v) is 8.51. The van der Waals surface area contributed by atoms with Gasteiger partial charge in [0.05, 0.1) is 32.1 Å². The van der Waals surface area contributed by atoms with Gasteiger partial charge in [-0.15, -0.1) is 5.10 Å². The molecule has 1 unspecified atom stereocenters. The number of carbonyl (C=O) groups excluding carboxylic acids is 1. The van der Waals surface area contributed by atoms with E-state index in [-0.39, 0.29) is 5.91 Å². The number of benzene rings is 3. The van der Waals surface area contributed by atoms with Crippen LogP contribution in [0.1, 0.15) is 50.3 Å². The summed E-state index contributed by atoms with van der Waals surface area (Å²) >= 11 is 7.86. The van der Waals surface area contributed by atoms with Crippen molar-refractivity contribution in [3.63, 3.8) is 0 Å². The average molecular weight is 634 g/mol. The summed E-state index contributed by atoms with van der Waals surface area (Å²) in [7, 11) is 3.18. The number of carbonyl (C=O) groups is 1. The molecule has 4 aromatic rings. The summed E-state index contributed by atoms with van der Waals surface area (Å²) in [5, 5.41) is 12.4. The second-order valence-corrected chi connectivity index (χ2v) is 11.6. The molecule has 1 aromatic heterocycles. The molecule has 0 radical (unpaired) electrons. The maximum absolute atomic E-state index is 14.0. The first-order valence-electron chi connectivity index (χ1n) is 14.5. The number of nitrogens with one attached hydrogen (secondary N) is 2. The van der Waals surface area contributed by atoms with Crippen molar-refractivity contribution in [3.05, 3.63) is 94.1 Å². The molecule has 0 saturated carbocycles. The predicted molar refractivity (Wildman–Crippen MR) is 175 cm³/mol. The molecule has 1 atom stereocenters. The molecule has 2 N–H and O–H groups in total. The topological polar surface area (TPSA) is 99.5 Å². The molecule has 1 aliphatic heterocycles. The molecule has 3 aromatic carbocycles. The van der Waals surface area contributed by atoms with Gasteiger partial charge in [0.25, 0.3) is 5.91 Å². The van der Waals surface area contributed by atoms with Crippen molar-refractivity contribution in [2.75, 3.05) is 31.5 Å². The first-order valence-corrected chi connectivity index (χ1v) is 15.9. The fourth-order valence-corrected chi connectivity index (χ4v) is 6.11. The summed E-state index contributed by atoms with van der Waals surface area (Å²) in [6.45, 7) is 4.62. The van der Waals surface area contributed by atoms with Crippen LogP contribution in [0.5, 0.6) is 17.2 Å². The highest BCUT2D eigenvalue weighted by atomic mass is 35.5. The number of para-hydroxylation sites is 2. The van der Waals surface area contributed by atoms with Crippen LogP contribution in [-0.2, 0) is 10.5 Å². The largest absolute Gasteiger partial charge is 0.495 e. The number of hydrogen-bond acceptors (Lipinski definition) is 8. The molecular formula is C33H36ClN5O4S. The number of halogens is 1. The van der Waals surface area contributed by atoms with Gasteiger partial charge in [0.1, 0.15) is 11.8 Å². The summed E-state index contributed by atoms with van der Waals surface area (Å²) < 4.78 is 19.0. The standard InChI is InChI=1S/C33H36ClN5O4S/c1-5-6-11-18-43-27-17-16-22(19-28(27)42-4)30-29(31(40)36-25-14-9-10-15-26(25)41-3)21(2)35-32-37-33(38-39(30)32)44-20-23-12-7-8-13-24(23)34/h7-10,12-17,19,30H,5-6,11,18,20H2,1-4H3,(H,36,40)(H,35,37,38). The Labute approximate surface area is 267 Å². The highest BCUT2D eigenvalue weighted by Crippen LogP contribution is 2.40. The molecule has 0 saturated heterocycles. The highest BCUT2D eigenvalue weighted by molar-refractivity contribution is 7.98. The van der Waals surface area contributed by atoms with Crippen molar-refractivity contribution in [1.82, 2.24) is 14.8 Å². The van der Waals surface area contributed by atoms with Gasteiger partial charge in [-0.2, -0.15) is 4.98 Å². The van der Waals surface area contributed by atoms with Crippen LogP contribution in [0.15, 0.2) is 83.2 Å².